The maximum Gasteiger partial charge on any atom is 0.227 e. The van der Waals surface area contributed by atoms with Crippen LogP contribution in [-0.4, -0.2) is 29.4 Å². The van der Waals surface area contributed by atoms with Crippen LogP contribution >= 0.6 is 0 Å². The number of carbonyl (C=O) groups excluding carboxylic acids is 1. The van der Waals surface area contributed by atoms with Crippen LogP contribution < -0.4 is 4.74 Å². The normalized spacial score (nSPS) is 15.9. The molecule has 0 bridgehead atoms. The average molecular weight is 404 g/mol. The zero-order chi connectivity index (χ0) is 20.9. The second-order valence-corrected chi connectivity index (χ2v) is 7.63. The fourth-order valence-electron chi connectivity index (χ4n) is 4.02. The van der Waals surface area contributed by atoms with Crippen LogP contribution in [0, 0.1) is 5.82 Å². The highest BCUT2D eigenvalue weighted by atomic mass is 19.1. The van der Waals surface area contributed by atoms with E-state index in [9.17, 15) is 9.18 Å². The van der Waals surface area contributed by atoms with Crippen LogP contribution in [0.5, 0.6) is 5.75 Å². The molecule has 30 heavy (non-hydrogen) atoms. The Morgan fingerprint density at radius 1 is 1.10 bits per heavy atom. The van der Waals surface area contributed by atoms with E-state index in [4.69, 9.17) is 9.72 Å². The highest BCUT2D eigenvalue weighted by molar-refractivity contribution is 5.79. The van der Waals surface area contributed by atoms with Crippen molar-refractivity contribution in [2.75, 3.05) is 13.7 Å². The Bertz CT molecular complexity index is 1020. The molecule has 5 heteroatoms. The fourth-order valence-corrected chi connectivity index (χ4v) is 4.02. The lowest BCUT2D eigenvalue weighted by Gasteiger charge is -2.25. The van der Waals surface area contributed by atoms with Gasteiger partial charge in [0.25, 0.3) is 0 Å². The Morgan fingerprint density at radius 3 is 2.70 bits per heavy atom. The van der Waals surface area contributed by atoms with Crippen molar-refractivity contribution in [1.82, 2.24) is 9.88 Å². The van der Waals surface area contributed by atoms with Gasteiger partial charge in [-0.25, -0.2) is 4.39 Å². The van der Waals surface area contributed by atoms with Crippen molar-refractivity contribution in [3.8, 4) is 5.75 Å². The summed E-state index contributed by atoms with van der Waals surface area (Å²) < 4.78 is 18.4. The minimum atomic E-state index is -0.290. The zero-order valence-corrected chi connectivity index (χ0v) is 17.1. The van der Waals surface area contributed by atoms with Gasteiger partial charge in [0, 0.05) is 18.7 Å². The summed E-state index contributed by atoms with van der Waals surface area (Å²) in [7, 11) is 1.66. The summed E-state index contributed by atoms with van der Waals surface area (Å²) in [4.78, 5) is 19.7. The van der Waals surface area contributed by atoms with E-state index in [1.165, 1.54) is 12.1 Å². The first-order valence-corrected chi connectivity index (χ1v) is 10.2. The van der Waals surface area contributed by atoms with Crippen molar-refractivity contribution in [3.63, 3.8) is 0 Å². The van der Waals surface area contributed by atoms with Crippen LogP contribution in [0.3, 0.4) is 0 Å². The molecule has 1 unspecified atom stereocenters. The Morgan fingerprint density at radius 2 is 1.90 bits per heavy atom. The summed E-state index contributed by atoms with van der Waals surface area (Å²) in [6.45, 7) is 0.729. The summed E-state index contributed by atoms with van der Waals surface area (Å²) >= 11 is 0. The Kier molecular flexibility index (Phi) is 6.07. The summed E-state index contributed by atoms with van der Waals surface area (Å²) in [5.74, 6) is 0.600. The molecule has 0 saturated carbocycles. The van der Waals surface area contributed by atoms with Gasteiger partial charge < -0.3 is 9.64 Å². The molecule has 1 aromatic heterocycles. The lowest BCUT2D eigenvalue weighted by Crippen LogP contribution is -2.32. The molecule has 2 heterocycles. The number of aromatic nitrogens is 1. The van der Waals surface area contributed by atoms with E-state index in [0.717, 1.165) is 47.7 Å². The van der Waals surface area contributed by atoms with Crippen LogP contribution in [0.15, 0.2) is 66.7 Å². The van der Waals surface area contributed by atoms with Crippen LogP contribution in [0.1, 0.15) is 41.4 Å². The predicted molar refractivity (Wildman–Crippen MR) is 114 cm³/mol. The lowest BCUT2D eigenvalue weighted by atomic mass is 10.1. The number of rotatable bonds is 6. The van der Waals surface area contributed by atoms with E-state index in [1.54, 1.807) is 19.2 Å². The summed E-state index contributed by atoms with van der Waals surface area (Å²) in [6, 6.07) is 20.1. The van der Waals surface area contributed by atoms with E-state index in [-0.39, 0.29) is 24.2 Å². The van der Waals surface area contributed by atoms with E-state index in [1.807, 2.05) is 41.3 Å². The number of likely N-dealkylation sites (tertiary alicyclic amines) is 1. The van der Waals surface area contributed by atoms with Gasteiger partial charge in [0.1, 0.15) is 11.6 Å². The molecule has 0 spiro atoms. The third-order valence-corrected chi connectivity index (χ3v) is 5.53. The minimum Gasteiger partial charge on any atom is -0.497 e. The zero-order valence-electron chi connectivity index (χ0n) is 17.1. The second kappa shape index (κ2) is 9.08. The molecule has 4 nitrogen and oxygen atoms in total. The number of ether oxygens (including phenoxy) is 1. The molecule has 3 aromatic rings. The van der Waals surface area contributed by atoms with Crippen molar-refractivity contribution in [1.29, 1.82) is 0 Å². The highest BCUT2D eigenvalue weighted by Gasteiger charge is 2.30. The first-order chi connectivity index (χ1) is 14.6. The van der Waals surface area contributed by atoms with Crippen molar-refractivity contribution in [2.45, 2.75) is 31.7 Å². The molecule has 1 aliphatic rings. The molecule has 1 amide bonds. The first-order valence-electron chi connectivity index (χ1n) is 10.2. The second-order valence-electron chi connectivity index (χ2n) is 7.63. The Labute approximate surface area is 176 Å². The molecule has 2 aromatic carbocycles. The van der Waals surface area contributed by atoms with Gasteiger partial charge >= 0.3 is 0 Å². The first kappa shape index (κ1) is 20.1. The average Bonchev–Trinajstić information content (AvgIpc) is 3.26. The van der Waals surface area contributed by atoms with Crippen LogP contribution in [0.2, 0.25) is 0 Å². The molecule has 1 aliphatic heterocycles. The van der Waals surface area contributed by atoms with E-state index >= 15 is 0 Å². The molecular weight excluding hydrogens is 379 g/mol. The number of halogens is 1. The van der Waals surface area contributed by atoms with E-state index in [2.05, 4.69) is 6.07 Å². The largest absolute Gasteiger partial charge is 0.497 e. The molecule has 0 N–H and O–H groups in total. The van der Waals surface area contributed by atoms with Gasteiger partial charge in [-0.1, -0.05) is 30.3 Å². The summed E-state index contributed by atoms with van der Waals surface area (Å²) in [5, 5.41) is 0. The number of hydrogen-bond donors (Lipinski definition) is 0. The standard InChI is InChI=1S/C25H25FN2O2/c1-30-22-7-2-5-19(16-22)15-21-6-3-8-23(27-21)24-9-4-14-28(24)25(29)17-18-10-12-20(26)13-11-18/h2-3,5-8,10-13,16,24H,4,9,14-15,17H2,1H3. The van der Waals surface area contributed by atoms with Gasteiger partial charge in [0.05, 0.1) is 25.3 Å². The molecule has 4 rings (SSSR count). The third kappa shape index (κ3) is 4.67. The minimum absolute atomic E-state index is 0.0109. The number of pyridine rings is 1. The molecule has 1 saturated heterocycles. The van der Waals surface area contributed by atoms with Crippen LogP contribution in [0.4, 0.5) is 4.39 Å². The monoisotopic (exact) mass is 404 g/mol. The lowest BCUT2D eigenvalue weighted by molar-refractivity contribution is -0.131. The summed E-state index contributed by atoms with van der Waals surface area (Å²) in [5.41, 5.74) is 3.86. The number of methoxy groups -OCH3 is 1. The molecule has 1 fully saturated rings. The predicted octanol–water partition coefficient (Wildman–Crippen LogP) is 4.73. The van der Waals surface area contributed by atoms with Gasteiger partial charge in [-0.3, -0.25) is 9.78 Å². The van der Waals surface area contributed by atoms with Gasteiger partial charge in [0.15, 0.2) is 0 Å². The Balaban J connectivity index is 1.49. The summed E-state index contributed by atoms with van der Waals surface area (Å²) in [6.07, 6.45) is 2.86. The maximum absolute atomic E-state index is 13.1. The number of nitrogens with zero attached hydrogens (tertiary/aromatic N) is 2. The fraction of sp³-hybridized carbons (Fsp3) is 0.280. The van der Waals surface area contributed by atoms with Gasteiger partial charge in [0.2, 0.25) is 5.91 Å². The van der Waals surface area contributed by atoms with Crippen molar-refractivity contribution in [2.24, 2.45) is 0 Å². The van der Waals surface area contributed by atoms with Gasteiger partial charge in [-0.05, 0) is 60.4 Å². The molecule has 0 aliphatic carbocycles. The number of hydrogen-bond acceptors (Lipinski definition) is 3. The van der Waals surface area contributed by atoms with E-state index in [0.29, 0.717) is 6.42 Å². The van der Waals surface area contributed by atoms with Gasteiger partial charge in [-0.2, -0.15) is 0 Å². The topological polar surface area (TPSA) is 42.4 Å². The third-order valence-electron chi connectivity index (χ3n) is 5.53. The number of carbonyl (C=O) groups is 1. The number of benzene rings is 2. The van der Waals surface area contributed by atoms with Gasteiger partial charge in [-0.15, -0.1) is 0 Å². The van der Waals surface area contributed by atoms with Crippen molar-refractivity contribution < 1.29 is 13.9 Å². The molecule has 154 valence electrons. The quantitative estimate of drug-likeness (QED) is 0.597. The number of amides is 1. The SMILES string of the molecule is COc1cccc(Cc2cccc(C3CCCN3C(=O)Cc3ccc(F)cc3)n2)c1. The maximum atomic E-state index is 13.1. The Hall–Kier alpha value is -3.21. The molecular formula is C25H25FN2O2. The molecule has 0 radical (unpaired) electrons. The smallest absolute Gasteiger partial charge is 0.227 e. The molecule has 1 atom stereocenters. The van der Waals surface area contributed by atoms with Crippen molar-refractivity contribution >= 4 is 5.91 Å². The van der Waals surface area contributed by atoms with E-state index < -0.39 is 0 Å². The van der Waals surface area contributed by atoms with Crippen LogP contribution in [-0.2, 0) is 17.6 Å². The van der Waals surface area contributed by atoms with Crippen molar-refractivity contribution in [3.05, 3.63) is 95.1 Å². The highest BCUT2D eigenvalue weighted by Crippen LogP contribution is 2.31. The van der Waals surface area contributed by atoms with Crippen LogP contribution in [0.25, 0.3) is 0 Å².